The van der Waals surface area contributed by atoms with Crippen LogP contribution < -0.4 is 0 Å². The monoisotopic (exact) mass is 835 g/mol. The molecular weight excluding hydrogens is 745 g/mol. The van der Waals surface area contributed by atoms with Gasteiger partial charge in [0.05, 0.1) is 0 Å². The maximum atomic E-state index is 12.7. The molecule has 0 radical (unpaired) electrons. The summed E-state index contributed by atoms with van der Waals surface area (Å²) in [7, 11) is 0. The van der Waals surface area contributed by atoms with Crippen molar-refractivity contribution >= 4 is 17.9 Å². The van der Waals surface area contributed by atoms with E-state index >= 15 is 0 Å². The van der Waals surface area contributed by atoms with Crippen molar-refractivity contribution in [1.82, 2.24) is 0 Å². The summed E-state index contributed by atoms with van der Waals surface area (Å²) in [5, 5.41) is 0. The van der Waals surface area contributed by atoms with Crippen LogP contribution in [0.4, 0.5) is 0 Å². The van der Waals surface area contributed by atoms with Crippen molar-refractivity contribution in [3.05, 3.63) is 85.1 Å². The number of esters is 3. The van der Waals surface area contributed by atoms with Crippen LogP contribution >= 0.6 is 0 Å². The summed E-state index contributed by atoms with van der Waals surface area (Å²) < 4.78 is 16.7. The van der Waals surface area contributed by atoms with Crippen LogP contribution in [0.1, 0.15) is 220 Å². The van der Waals surface area contributed by atoms with Gasteiger partial charge in [-0.2, -0.15) is 0 Å². The van der Waals surface area contributed by atoms with Crippen LogP contribution in [0.3, 0.4) is 0 Å². The van der Waals surface area contributed by atoms with Gasteiger partial charge in [-0.3, -0.25) is 14.4 Å². The van der Waals surface area contributed by atoms with E-state index in [-0.39, 0.29) is 37.5 Å². The molecular formula is C54H90O6. The predicted octanol–water partition coefficient (Wildman–Crippen LogP) is 16.0. The van der Waals surface area contributed by atoms with Gasteiger partial charge in [-0.1, -0.05) is 176 Å². The average Bonchev–Trinajstić information content (AvgIpc) is 3.24. The fourth-order valence-corrected chi connectivity index (χ4v) is 6.41. The first-order valence-electron chi connectivity index (χ1n) is 24.6. The van der Waals surface area contributed by atoms with Gasteiger partial charge in [-0.25, -0.2) is 0 Å². The number of hydrogen-bond donors (Lipinski definition) is 0. The molecule has 0 heterocycles. The van der Waals surface area contributed by atoms with Crippen molar-refractivity contribution in [3.63, 3.8) is 0 Å². The van der Waals surface area contributed by atoms with E-state index in [9.17, 15) is 14.4 Å². The number of carbonyl (C=O) groups excluding carboxylic acids is 3. The summed E-state index contributed by atoms with van der Waals surface area (Å²) in [4.78, 5) is 37.8. The molecule has 0 bridgehead atoms. The second-order valence-corrected chi connectivity index (χ2v) is 16.0. The summed E-state index contributed by atoms with van der Waals surface area (Å²) in [5.74, 6) is -0.995. The topological polar surface area (TPSA) is 78.9 Å². The summed E-state index contributed by atoms with van der Waals surface area (Å²) in [6.07, 6.45) is 61.4. The van der Waals surface area contributed by atoms with E-state index in [0.29, 0.717) is 19.3 Å². The number of carbonyl (C=O) groups is 3. The molecule has 0 aliphatic carbocycles. The Kier molecular flexibility index (Phi) is 45.5. The molecule has 0 saturated carbocycles. The van der Waals surface area contributed by atoms with Crippen molar-refractivity contribution in [2.24, 2.45) is 0 Å². The lowest BCUT2D eigenvalue weighted by atomic mass is 10.1. The Balaban J connectivity index is 4.51. The second-order valence-electron chi connectivity index (χ2n) is 16.0. The molecule has 0 aliphatic heterocycles. The lowest BCUT2D eigenvalue weighted by Gasteiger charge is -2.18. The van der Waals surface area contributed by atoms with Crippen molar-refractivity contribution in [3.8, 4) is 0 Å². The zero-order chi connectivity index (χ0) is 43.7. The smallest absolute Gasteiger partial charge is 0.306 e. The van der Waals surface area contributed by atoms with Crippen LogP contribution in [0.5, 0.6) is 0 Å². The molecule has 1 unspecified atom stereocenters. The van der Waals surface area contributed by atoms with E-state index < -0.39 is 6.10 Å². The number of unbranched alkanes of at least 4 members (excludes halogenated alkanes) is 18. The fraction of sp³-hybridized carbons (Fsp3) is 0.685. The van der Waals surface area contributed by atoms with Crippen molar-refractivity contribution in [2.75, 3.05) is 13.2 Å². The van der Waals surface area contributed by atoms with Crippen LogP contribution in [0.2, 0.25) is 0 Å². The summed E-state index contributed by atoms with van der Waals surface area (Å²) in [6, 6.07) is 0. The van der Waals surface area contributed by atoms with Crippen molar-refractivity contribution in [1.29, 1.82) is 0 Å². The normalized spacial score (nSPS) is 12.8. The number of ether oxygens (including phenoxy) is 3. The second kappa shape index (κ2) is 48.3. The molecule has 0 aromatic heterocycles. The maximum absolute atomic E-state index is 12.7. The highest BCUT2D eigenvalue weighted by Crippen LogP contribution is 2.12. The molecule has 0 aromatic rings. The van der Waals surface area contributed by atoms with Crippen LogP contribution in [-0.2, 0) is 28.6 Å². The first-order chi connectivity index (χ1) is 29.5. The van der Waals surface area contributed by atoms with Gasteiger partial charge < -0.3 is 14.2 Å². The van der Waals surface area contributed by atoms with Gasteiger partial charge in [0.15, 0.2) is 6.10 Å². The SMILES string of the molecule is CC/C=C\C/C=C\C/C=C\C/C=C\C/C=C\CCCC(=O)OCC(COC(=O)CCCCCCC/C=C\CCCCC)OC(=O)CCCCC/C=C\CCCCCCCC. The predicted molar refractivity (Wildman–Crippen MR) is 256 cm³/mol. The Morgan fingerprint density at radius 2 is 0.667 bits per heavy atom. The number of allylic oxidation sites excluding steroid dienone is 14. The minimum Gasteiger partial charge on any atom is -0.462 e. The quantitative estimate of drug-likeness (QED) is 0.0263. The molecule has 0 N–H and O–H groups in total. The molecule has 0 spiro atoms. The lowest BCUT2D eigenvalue weighted by Crippen LogP contribution is -2.30. The van der Waals surface area contributed by atoms with Crippen molar-refractivity contribution in [2.45, 2.75) is 226 Å². The third-order valence-corrected chi connectivity index (χ3v) is 10.1. The van der Waals surface area contributed by atoms with Gasteiger partial charge in [0.2, 0.25) is 0 Å². The van der Waals surface area contributed by atoms with E-state index in [1.807, 2.05) is 0 Å². The molecule has 1 atom stereocenters. The fourth-order valence-electron chi connectivity index (χ4n) is 6.41. The lowest BCUT2D eigenvalue weighted by molar-refractivity contribution is -0.167. The Hall–Kier alpha value is -3.41. The van der Waals surface area contributed by atoms with Gasteiger partial charge >= 0.3 is 17.9 Å². The van der Waals surface area contributed by atoms with Gasteiger partial charge in [-0.05, 0) is 109 Å². The molecule has 6 nitrogen and oxygen atoms in total. The van der Waals surface area contributed by atoms with Crippen LogP contribution in [0, 0.1) is 0 Å². The van der Waals surface area contributed by atoms with Crippen LogP contribution in [0.25, 0.3) is 0 Å². The Labute approximate surface area is 369 Å². The van der Waals surface area contributed by atoms with E-state index in [1.165, 1.54) is 70.6 Å². The molecule has 342 valence electrons. The van der Waals surface area contributed by atoms with E-state index in [4.69, 9.17) is 14.2 Å². The summed E-state index contributed by atoms with van der Waals surface area (Å²) >= 11 is 0. The van der Waals surface area contributed by atoms with Crippen LogP contribution in [-0.4, -0.2) is 37.2 Å². The van der Waals surface area contributed by atoms with Crippen LogP contribution in [0.15, 0.2) is 85.1 Å². The highest BCUT2D eigenvalue weighted by molar-refractivity contribution is 5.71. The standard InChI is InChI=1S/C54H90O6/c1-4-7-10-13-16-19-22-25-26-27-28-30-32-35-38-41-44-47-53(56)59-50-51(49-58-52(55)46-43-40-37-34-31-24-21-18-15-12-9-6-3)60-54(57)48-45-42-39-36-33-29-23-20-17-14-11-8-5-2/h7,10,16,18-19,21,25-26,28-30,33,35,38,51H,4-6,8-9,11-15,17,20,22-24,27,31-32,34,36-37,39-50H2,1-3H3/b10-7-,19-16-,21-18-,26-25-,30-28-,33-29-,38-35-. The Morgan fingerprint density at radius 3 is 1.15 bits per heavy atom. The van der Waals surface area contributed by atoms with E-state index in [0.717, 1.165) is 103 Å². The molecule has 0 amide bonds. The minimum atomic E-state index is -0.809. The third-order valence-electron chi connectivity index (χ3n) is 10.1. The van der Waals surface area contributed by atoms with Gasteiger partial charge in [0.25, 0.3) is 0 Å². The molecule has 0 aliphatic rings. The first-order valence-corrected chi connectivity index (χ1v) is 24.6. The highest BCUT2D eigenvalue weighted by Gasteiger charge is 2.19. The summed E-state index contributed by atoms with van der Waals surface area (Å²) in [5.41, 5.74) is 0. The van der Waals surface area contributed by atoms with Gasteiger partial charge in [0, 0.05) is 19.3 Å². The number of hydrogen-bond acceptors (Lipinski definition) is 6. The Morgan fingerprint density at radius 1 is 0.350 bits per heavy atom. The van der Waals surface area contributed by atoms with Gasteiger partial charge in [0.1, 0.15) is 13.2 Å². The summed E-state index contributed by atoms with van der Waals surface area (Å²) in [6.45, 7) is 6.41. The minimum absolute atomic E-state index is 0.105. The zero-order valence-corrected chi connectivity index (χ0v) is 38.9. The van der Waals surface area contributed by atoms with E-state index in [1.54, 1.807) is 0 Å². The highest BCUT2D eigenvalue weighted by atomic mass is 16.6. The first kappa shape index (κ1) is 56.6. The largest absolute Gasteiger partial charge is 0.462 e. The van der Waals surface area contributed by atoms with Crippen molar-refractivity contribution < 1.29 is 28.6 Å². The van der Waals surface area contributed by atoms with E-state index in [2.05, 4.69) is 106 Å². The average molecular weight is 835 g/mol. The molecule has 0 fully saturated rings. The molecule has 6 heteroatoms. The molecule has 60 heavy (non-hydrogen) atoms. The Bertz CT molecular complexity index is 1190. The molecule has 0 rings (SSSR count). The number of rotatable bonds is 43. The molecule has 0 saturated heterocycles. The maximum Gasteiger partial charge on any atom is 0.306 e. The molecule has 0 aromatic carbocycles. The zero-order valence-electron chi connectivity index (χ0n) is 38.9. The third kappa shape index (κ3) is 45.7. The van der Waals surface area contributed by atoms with Gasteiger partial charge in [-0.15, -0.1) is 0 Å².